The molecule has 1 aromatic carbocycles. The van der Waals surface area contributed by atoms with E-state index in [2.05, 4.69) is 53.2 Å². The normalized spacial score (nSPS) is 13.0. The predicted molar refractivity (Wildman–Crippen MR) is 81.7 cm³/mol. The highest BCUT2D eigenvalue weighted by Gasteiger charge is 2.09. The monoisotopic (exact) mass is 279 g/mol. The second kappa shape index (κ2) is 6.92. The Bertz CT molecular complexity index is 521. The molecule has 0 amide bonds. The average molecular weight is 280 g/mol. The maximum absolute atomic E-state index is 5.72. The minimum Gasteiger partial charge on any atom is -0.309 e. The fraction of sp³-hybridized carbons (Fsp3) is 0.533. The van der Waals surface area contributed by atoms with Crippen LogP contribution < -0.4 is 5.32 Å². The second-order valence-electron chi connectivity index (χ2n) is 4.89. The number of hydrogen-bond donors (Lipinski definition) is 1. The molecule has 0 saturated heterocycles. The number of hydrogen-bond acceptors (Lipinski definition) is 2. The zero-order chi connectivity index (χ0) is 13.7. The van der Waals surface area contributed by atoms with E-state index in [9.17, 15) is 0 Å². The molecule has 1 heterocycles. The lowest BCUT2D eigenvalue weighted by atomic mass is 10.1. The Hall–Kier alpha value is -1.06. The smallest absolute Gasteiger partial charge is 0.0841 e. The minimum atomic E-state index is 0.476. The van der Waals surface area contributed by atoms with Crippen LogP contribution in [0.25, 0.3) is 10.9 Å². The number of nitrogens with one attached hydrogen (secondary N) is 1. The van der Waals surface area contributed by atoms with Crippen LogP contribution in [0.2, 0.25) is 0 Å². The Kier molecular flexibility index (Phi) is 5.23. The highest BCUT2D eigenvalue weighted by atomic mass is 35.5. The van der Waals surface area contributed by atoms with Crippen molar-refractivity contribution in [3.8, 4) is 0 Å². The van der Waals surface area contributed by atoms with Crippen LogP contribution in [0, 0.1) is 0 Å². The molecule has 0 aliphatic carbocycles. The summed E-state index contributed by atoms with van der Waals surface area (Å²) in [6, 6.07) is 8.89. The molecule has 1 N–H and O–H groups in total. The largest absolute Gasteiger partial charge is 0.309 e. The molecule has 0 spiro atoms. The fourth-order valence-electron chi connectivity index (χ4n) is 2.32. The Balaban J connectivity index is 2.08. The van der Waals surface area contributed by atoms with Gasteiger partial charge in [0.05, 0.1) is 11.2 Å². The van der Waals surface area contributed by atoms with Gasteiger partial charge in [0.15, 0.2) is 0 Å². The first kappa shape index (κ1) is 14.4. The number of aromatic nitrogens is 2. The van der Waals surface area contributed by atoms with Gasteiger partial charge in [0.2, 0.25) is 0 Å². The number of alkyl halides is 1. The van der Waals surface area contributed by atoms with Crippen LogP contribution in [-0.2, 0) is 13.1 Å². The summed E-state index contributed by atoms with van der Waals surface area (Å²) in [5.74, 6) is 0.736. The maximum Gasteiger partial charge on any atom is 0.0841 e. The van der Waals surface area contributed by atoms with Crippen LogP contribution >= 0.6 is 11.6 Å². The Labute approximate surface area is 119 Å². The molecule has 1 aromatic heterocycles. The van der Waals surface area contributed by atoms with Gasteiger partial charge >= 0.3 is 0 Å². The Morgan fingerprint density at radius 2 is 2.16 bits per heavy atom. The van der Waals surface area contributed by atoms with Gasteiger partial charge in [0.25, 0.3) is 0 Å². The first-order valence-electron chi connectivity index (χ1n) is 7.00. The molecule has 2 aromatic rings. The van der Waals surface area contributed by atoms with Gasteiger partial charge in [-0.2, -0.15) is 5.10 Å². The van der Waals surface area contributed by atoms with Gasteiger partial charge in [0.1, 0.15) is 0 Å². The number of fused-ring (bicyclic) bond motifs is 1. The van der Waals surface area contributed by atoms with E-state index < -0.39 is 0 Å². The number of para-hydroxylation sites is 1. The van der Waals surface area contributed by atoms with Gasteiger partial charge in [-0.05, 0) is 32.8 Å². The summed E-state index contributed by atoms with van der Waals surface area (Å²) in [7, 11) is 0. The maximum atomic E-state index is 5.72. The molecular weight excluding hydrogens is 258 g/mol. The third kappa shape index (κ3) is 3.48. The van der Waals surface area contributed by atoms with Crippen molar-refractivity contribution in [2.75, 3.05) is 5.88 Å². The number of aryl methyl sites for hydroxylation is 1. The molecule has 0 fully saturated rings. The third-order valence-electron chi connectivity index (χ3n) is 3.42. The lowest BCUT2D eigenvalue weighted by molar-refractivity contribution is 0.502. The second-order valence-corrected chi connectivity index (χ2v) is 5.27. The molecule has 0 saturated carbocycles. The molecule has 4 heteroatoms. The quantitative estimate of drug-likeness (QED) is 0.786. The Morgan fingerprint density at radius 1 is 1.37 bits per heavy atom. The topological polar surface area (TPSA) is 29.9 Å². The summed E-state index contributed by atoms with van der Waals surface area (Å²) in [6.07, 6.45) is 2.16. The molecule has 1 unspecified atom stereocenters. The van der Waals surface area contributed by atoms with Gasteiger partial charge in [-0.15, -0.1) is 11.6 Å². The van der Waals surface area contributed by atoms with Crippen LogP contribution in [0.1, 0.15) is 32.4 Å². The van der Waals surface area contributed by atoms with Gasteiger partial charge in [-0.3, -0.25) is 4.68 Å². The van der Waals surface area contributed by atoms with Gasteiger partial charge in [-0.25, -0.2) is 0 Å². The molecule has 0 bridgehead atoms. The van der Waals surface area contributed by atoms with Crippen molar-refractivity contribution in [2.24, 2.45) is 0 Å². The predicted octanol–water partition coefficient (Wildman–Crippen LogP) is 3.55. The van der Waals surface area contributed by atoms with Crippen molar-refractivity contribution in [1.82, 2.24) is 15.1 Å². The highest BCUT2D eigenvalue weighted by molar-refractivity contribution is 6.17. The molecule has 3 nitrogen and oxygen atoms in total. The molecule has 0 radical (unpaired) electrons. The van der Waals surface area contributed by atoms with E-state index in [0.717, 1.165) is 37.5 Å². The first-order valence-corrected chi connectivity index (χ1v) is 7.53. The van der Waals surface area contributed by atoms with E-state index in [1.54, 1.807) is 0 Å². The summed E-state index contributed by atoms with van der Waals surface area (Å²) in [5, 5.41) is 9.47. The van der Waals surface area contributed by atoms with Crippen molar-refractivity contribution < 1.29 is 0 Å². The molecule has 1 atom stereocenters. The van der Waals surface area contributed by atoms with Crippen molar-refractivity contribution in [2.45, 2.75) is 45.8 Å². The lowest BCUT2D eigenvalue weighted by Gasteiger charge is -2.11. The summed E-state index contributed by atoms with van der Waals surface area (Å²) >= 11 is 5.72. The first-order chi connectivity index (χ1) is 9.26. The molecular formula is C15H22ClN3. The van der Waals surface area contributed by atoms with E-state index in [0.29, 0.717) is 6.04 Å². The standard InChI is InChI=1S/C15H22ClN3/c1-3-19-15-9-5-4-8-13(15)14(18-19)11-17-12(2)7-6-10-16/h4-5,8-9,12,17H,3,6-7,10-11H2,1-2H3. The van der Waals surface area contributed by atoms with Crippen LogP contribution in [-0.4, -0.2) is 21.7 Å². The van der Waals surface area contributed by atoms with Crippen LogP contribution in [0.3, 0.4) is 0 Å². The van der Waals surface area contributed by atoms with Crippen molar-refractivity contribution in [3.63, 3.8) is 0 Å². The van der Waals surface area contributed by atoms with Gasteiger partial charge in [0, 0.05) is 30.4 Å². The van der Waals surface area contributed by atoms with E-state index in [1.165, 1.54) is 10.9 Å². The number of nitrogens with zero attached hydrogens (tertiary/aromatic N) is 2. The zero-order valence-electron chi connectivity index (χ0n) is 11.7. The number of benzene rings is 1. The van der Waals surface area contributed by atoms with Gasteiger partial charge in [-0.1, -0.05) is 18.2 Å². The van der Waals surface area contributed by atoms with Crippen LogP contribution in [0.15, 0.2) is 24.3 Å². The van der Waals surface area contributed by atoms with Crippen LogP contribution in [0.4, 0.5) is 0 Å². The van der Waals surface area contributed by atoms with Crippen molar-refractivity contribution in [3.05, 3.63) is 30.0 Å². The summed E-state index contributed by atoms with van der Waals surface area (Å²) in [6.45, 7) is 6.05. The van der Waals surface area contributed by atoms with E-state index in [-0.39, 0.29) is 0 Å². The number of halogens is 1. The number of rotatable bonds is 7. The van der Waals surface area contributed by atoms with Crippen molar-refractivity contribution in [1.29, 1.82) is 0 Å². The van der Waals surface area contributed by atoms with Gasteiger partial charge < -0.3 is 5.32 Å². The van der Waals surface area contributed by atoms with Crippen molar-refractivity contribution >= 4 is 22.5 Å². The summed E-state index contributed by atoms with van der Waals surface area (Å²) in [5.41, 5.74) is 2.35. The summed E-state index contributed by atoms with van der Waals surface area (Å²) in [4.78, 5) is 0. The average Bonchev–Trinajstić information content (AvgIpc) is 2.81. The Morgan fingerprint density at radius 3 is 2.89 bits per heavy atom. The zero-order valence-corrected chi connectivity index (χ0v) is 12.5. The van der Waals surface area contributed by atoms with E-state index >= 15 is 0 Å². The molecule has 19 heavy (non-hydrogen) atoms. The molecule has 2 rings (SSSR count). The molecule has 104 valence electrons. The SMILES string of the molecule is CCn1nc(CNC(C)CCCCl)c2ccccc21. The highest BCUT2D eigenvalue weighted by Crippen LogP contribution is 2.18. The van der Waals surface area contributed by atoms with E-state index in [1.807, 2.05) is 0 Å². The third-order valence-corrected chi connectivity index (χ3v) is 3.69. The summed E-state index contributed by atoms with van der Waals surface area (Å²) < 4.78 is 2.07. The minimum absolute atomic E-state index is 0.476. The van der Waals surface area contributed by atoms with Crippen LogP contribution in [0.5, 0.6) is 0 Å². The molecule has 0 aliphatic rings. The fourth-order valence-corrected chi connectivity index (χ4v) is 2.48. The lowest BCUT2D eigenvalue weighted by Crippen LogP contribution is -2.25. The molecule has 0 aliphatic heterocycles. The van der Waals surface area contributed by atoms with E-state index in [4.69, 9.17) is 11.6 Å².